The number of aromatic nitrogens is 1. The fraction of sp³-hybridized carbons (Fsp3) is 0.500. The molecule has 7 nitrogen and oxygen atoms in total. The maximum absolute atomic E-state index is 12.9. The van der Waals surface area contributed by atoms with E-state index in [0.717, 1.165) is 32.2 Å². The second-order valence-corrected chi connectivity index (χ2v) is 7.80. The van der Waals surface area contributed by atoms with E-state index in [1.165, 1.54) is 18.2 Å². The molecule has 2 fully saturated rings. The van der Waals surface area contributed by atoms with E-state index in [0.29, 0.717) is 29.7 Å². The van der Waals surface area contributed by atoms with Crippen molar-refractivity contribution >= 4 is 22.7 Å². The van der Waals surface area contributed by atoms with Gasteiger partial charge in [0.15, 0.2) is 0 Å². The largest absolute Gasteiger partial charge is 0.573 e. The first-order valence-electron chi connectivity index (χ1n) is 9.94. The van der Waals surface area contributed by atoms with Crippen LogP contribution in [0.25, 0.3) is 10.9 Å². The number of nitrogens with one attached hydrogen (secondary N) is 1. The van der Waals surface area contributed by atoms with Crippen molar-refractivity contribution in [3.8, 4) is 5.75 Å². The van der Waals surface area contributed by atoms with Crippen molar-refractivity contribution in [3.05, 3.63) is 30.0 Å². The molecule has 2 amide bonds. The van der Waals surface area contributed by atoms with Gasteiger partial charge in [0.25, 0.3) is 5.91 Å². The number of benzene rings is 1. The Balaban J connectivity index is 1.41. The molecular formula is C20H23F3N4O3. The number of ether oxygens (including phenoxy) is 1. The van der Waals surface area contributed by atoms with Crippen LogP contribution in [0.15, 0.2) is 24.3 Å². The number of hydrogen-bond acceptors (Lipinski definition) is 4. The quantitative estimate of drug-likeness (QED) is 0.789. The lowest BCUT2D eigenvalue weighted by Gasteiger charge is -2.38. The van der Waals surface area contributed by atoms with Gasteiger partial charge in [0.2, 0.25) is 5.91 Å². The Bertz CT molecular complexity index is 950. The van der Waals surface area contributed by atoms with E-state index in [9.17, 15) is 22.8 Å². The van der Waals surface area contributed by atoms with Crippen molar-refractivity contribution in [2.45, 2.75) is 44.1 Å². The van der Waals surface area contributed by atoms with Gasteiger partial charge in [0, 0.05) is 36.1 Å². The van der Waals surface area contributed by atoms with E-state index in [1.54, 1.807) is 11.0 Å². The molecule has 0 spiro atoms. The summed E-state index contributed by atoms with van der Waals surface area (Å²) in [5.74, 6) is -0.833. The van der Waals surface area contributed by atoms with Crippen molar-refractivity contribution in [2.24, 2.45) is 5.73 Å². The summed E-state index contributed by atoms with van der Waals surface area (Å²) in [6.07, 6.45) is -1.55. The van der Waals surface area contributed by atoms with E-state index >= 15 is 0 Å². The van der Waals surface area contributed by atoms with Crippen LogP contribution >= 0.6 is 0 Å². The topological polar surface area (TPSA) is 91.7 Å². The fourth-order valence-electron chi connectivity index (χ4n) is 4.52. The fourth-order valence-corrected chi connectivity index (χ4v) is 4.52. The second kappa shape index (κ2) is 7.82. The number of amides is 2. The lowest BCUT2D eigenvalue weighted by atomic mass is 10.0. The Morgan fingerprint density at radius 1 is 1.10 bits per heavy atom. The van der Waals surface area contributed by atoms with Crippen molar-refractivity contribution in [1.29, 1.82) is 0 Å². The van der Waals surface area contributed by atoms with Gasteiger partial charge in [0.1, 0.15) is 11.4 Å². The molecule has 1 atom stereocenters. The highest BCUT2D eigenvalue weighted by atomic mass is 19.4. The Kier molecular flexibility index (Phi) is 5.35. The molecule has 2 aliphatic rings. The Morgan fingerprint density at radius 3 is 2.50 bits per heavy atom. The first-order valence-corrected chi connectivity index (χ1v) is 9.94. The number of primary amides is 1. The van der Waals surface area contributed by atoms with E-state index in [1.807, 2.05) is 0 Å². The average molecular weight is 424 g/mol. The highest BCUT2D eigenvalue weighted by Crippen LogP contribution is 2.29. The molecule has 2 aliphatic heterocycles. The predicted molar refractivity (Wildman–Crippen MR) is 103 cm³/mol. The number of likely N-dealkylation sites (tertiary alicyclic amines) is 2. The van der Waals surface area contributed by atoms with Gasteiger partial charge in [-0.2, -0.15) is 0 Å². The molecule has 3 N–H and O–H groups in total. The molecule has 1 aromatic heterocycles. The van der Waals surface area contributed by atoms with Gasteiger partial charge >= 0.3 is 6.36 Å². The first kappa shape index (κ1) is 20.5. The molecule has 0 radical (unpaired) electrons. The molecule has 10 heteroatoms. The summed E-state index contributed by atoms with van der Waals surface area (Å²) < 4.78 is 41.2. The van der Waals surface area contributed by atoms with Gasteiger partial charge in [-0.05, 0) is 50.4 Å². The summed E-state index contributed by atoms with van der Waals surface area (Å²) in [6.45, 7) is 1.93. The number of H-pyrrole nitrogens is 1. The number of nitrogens with two attached hydrogens (primary N) is 1. The minimum Gasteiger partial charge on any atom is -0.406 e. The number of aromatic amines is 1. The van der Waals surface area contributed by atoms with Gasteiger partial charge in [0.05, 0.1) is 6.04 Å². The van der Waals surface area contributed by atoms with Gasteiger partial charge in [-0.3, -0.25) is 14.5 Å². The van der Waals surface area contributed by atoms with Crippen LogP contribution in [0.2, 0.25) is 0 Å². The number of halogens is 3. The minimum atomic E-state index is -4.77. The molecule has 2 aromatic rings. The molecule has 0 saturated carbocycles. The summed E-state index contributed by atoms with van der Waals surface area (Å²) in [4.78, 5) is 31.3. The third kappa shape index (κ3) is 4.23. The van der Waals surface area contributed by atoms with Crippen LogP contribution in [0.3, 0.4) is 0 Å². The second-order valence-electron chi connectivity index (χ2n) is 7.80. The number of hydrogen-bond donors (Lipinski definition) is 2. The third-order valence-corrected chi connectivity index (χ3v) is 5.90. The number of fused-ring (bicyclic) bond motifs is 1. The van der Waals surface area contributed by atoms with Crippen LogP contribution < -0.4 is 10.5 Å². The zero-order valence-electron chi connectivity index (χ0n) is 16.2. The van der Waals surface area contributed by atoms with Gasteiger partial charge in [-0.1, -0.05) is 0 Å². The van der Waals surface area contributed by atoms with E-state index in [2.05, 4.69) is 14.6 Å². The van der Waals surface area contributed by atoms with E-state index in [4.69, 9.17) is 5.73 Å². The van der Waals surface area contributed by atoms with Gasteiger partial charge in [-0.15, -0.1) is 13.2 Å². The maximum atomic E-state index is 12.9. The van der Waals surface area contributed by atoms with Crippen LogP contribution in [-0.2, 0) is 4.79 Å². The van der Waals surface area contributed by atoms with Crippen LogP contribution in [0, 0.1) is 0 Å². The molecule has 162 valence electrons. The first-order chi connectivity index (χ1) is 14.2. The van der Waals surface area contributed by atoms with Crippen LogP contribution in [0.5, 0.6) is 5.75 Å². The summed E-state index contributed by atoms with van der Waals surface area (Å²) in [6, 6.07) is 5.55. The van der Waals surface area contributed by atoms with Crippen molar-refractivity contribution in [2.75, 3.05) is 19.6 Å². The predicted octanol–water partition coefficient (Wildman–Crippen LogP) is 2.62. The lowest BCUT2D eigenvalue weighted by molar-refractivity contribution is -0.274. The van der Waals surface area contributed by atoms with E-state index in [-0.39, 0.29) is 29.6 Å². The molecule has 30 heavy (non-hydrogen) atoms. The van der Waals surface area contributed by atoms with E-state index < -0.39 is 6.36 Å². The number of nitrogens with zero attached hydrogens (tertiary/aromatic N) is 2. The molecule has 0 bridgehead atoms. The van der Waals surface area contributed by atoms with Gasteiger partial charge in [-0.25, -0.2) is 0 Å². The summed E-state index contributed by atoms with van der Waals surface area (Å²) >= 11 is 0. The Morgan fingerprint density at radius 2 is 1.83 bits per heavy atom. The summed E-state index contributed by atoms with van der Waals surface area (Å²) in [7, 11) is 0. The average Bonchev–Trinajstić information content (AvgIpc) is 3.33. The highest BCUT2D eigenvalue weighted by Gasteiger charge is 2.36. The zero-order chi connectivity index (χ0) is 21.5. The van der Waals surface area contributed by atoms with Crippen molar-refractivity contribution in [1.82, 2.24) is 14.8 Å². The molecule has 0 aliphatic carbocycles. The minimum absolute atomic E-state index is 0.198. The van der Waals surface area contributed by atoms with Crippen LogP contribution in [0.1, 0.15) is 36.2 Å². The lowest BCUT2D eigenvalue weighted by Crippen LogP contribution is -2.51. The number of carbonyl (C=O) groups is 2. The van der Waals surface area contributed by atoms with Crippen molar-refractivity contribution in [3.63, 3.8) is 0 Å². The Hall–Kier alpha value is -2.75. The van der Waals surface area contributed by atoms with Crippen LogP contribution in [0.4, 0.5) is 13.2 Å². The molecule has 4 rings (SSSR count). The van der Waals surface area contributed by atoms with Crippen molar-refractivity contribution < 1.29 is 27.5 Å². The van der Waals surface area contributed by atoms with Gasteiger partial charge < -0.3 is 20.4 Å². The number of carbonyl (C=O) groups excluding carboxylic acids is 2. The molecule has 3 heterocycles. The molecule has 2 saturated heterocycles. The zero-order valence-corrected chi connectivity index (χ0v) is 16.2. The molecule has 1 unspecified atom stereocenters. The molecule has 1 aromatic carbocycles. The standard InChI is InChI=1S/C20H23F3N4O3/c21-20(22,23)30-14-4-3-12-10-16(25-15(12)11-14)19(29)26-8-5-13(6-9-26)27-7-1-2-17(27)18(24)28/h3-4,10-11,13,17,25H,1-2,5-9H2,(H2,24,28). The number of alkyl halides is 3. The number of piperidine rings is 1. The maximum Gasteiger partial charge on any atom is 0.573 e. The smallest absolute Gasteiger partial charge is 0.406 e. The third-order valence-electron chi connectivity index (χ3n) is 5.90. The monoisotopic (exact) mass is 424 g/mol. The SMILES string of the molecule is NC(=O)C1CCCN1C1CCN(C(=O)c2cc3ccc(OC(F)(F)F)cc3[nH]2)CC1. The summed E-state index contributed by atoms with van der Waals surface area (Å²) in [5, 5.41) is 0.629. The summed E-state index contributed by atoms with van der Waals surface area (Å²) in [5.41, 5.74) is 6.23. The normalized spacial score (nSPS) is 21.3. The highest BCUT2D eigenvalue weighted by molar-refractivity contribution is 5.98. The molecular weight excluding hydrogens is 401 g/mol. The van der Waals surface area contributed by atoms with Crippen LogP contribution in [-0.4, -0.2) is 64.7 Å². The Labute approximate surface area is 170 Å². The number of rotatable bonds is 4.